The summed E-state index contributed by atoms with van der Waals surface area (Å²) in [6.45, 7) is 5.26. The van der Waals surface area contributed by atoms with Crippen LogP contribution in [0.3, 0.4) is 0 Å². The fraction of sp³-hybridized carbons (Fsp3) is 0.400. The molecule has 0 heterocycles. The van der Waals surface area contributed by atoms with Crippen molar-refractivity contribution in [2.45, 2.75) is 26.5 Å². The van der Waals surface area contributed by atoms with Crippen molar-refractivity contribution in [2.24, 2.45) is 0 Å². The van der Waals surface area contributed by atoms with Gasteiger partial charge in [-0.3, -0.25) is 0 Å². The van der Waals surface area contributed by atoms with Crippen molar-refractivity contribution in [1.82, 2.24) is 0 Å². The Balaban J connectivity index is 2.74. The quantitative estimate of drug-likeness (QED) is 0.574. The molecule has 0 aromatic heterocycles. The Morgan fingerprint density at radius 2 is 1.55 bits per heavy atom. The van der Waals surface area contributed by atoms with E-state index >= 15 is 0 Å². The lowest BCUT2D eigenvalue weighted by Crippen LogP contribution is -2.27. The summed E-state index contributed by atoms with van der Waals surface area (Å²) in [5, 5.41) is 0. The summed E-state index contributed by atoms with van der Waals surface area (Å²) < 4.78 is 0. The van der Waals surface area contributed by atoms with Crippen molar-refractivity contribution in [3.8, 4) is 0 Å². The molecule has 1 heteroatoms. The monoisotopic (exact) mass is 146 g/mol. The summed E-state index contributed by atoms with van der Waals surface area (Å²) in [6.07, 6.45) is 2.50. The highest BCUT2D eigenvalue weighted by atomic mass is 13.8. The van der Waals surface area contributed by atoms with Crippen molar-refractivity contribution in [3.05, 3.63) is 30.3 Å². The second-order valence-corrected chi connectivity index (χ2v) is 2.92. The van der Waals surface area contributed by atoms with Crippen LogP contribution in [-0.2, 0) is 0 Å². The van der Waals surface area contributed by atoms with Gasteiger partial charge in [-0.05, 0) is 0 Å². The van der Waals surface area contributed by atoms with Gasteiger partial charge in [0.2, 0.25) is 0 Å². The summed E-state index contributed by atoms with van der Waals surface area (Å²) in [4.78, 5) is 0. The van der Waals surface area contributed by atoms with Crippen LogP contribution in [-0.4, -0.2) is 6.71 Å². The van der Waals surface area contributed by atoms with Gasteiger partial charge < -0.3 is 0 Å². The third kappa shape index (κ3) is 2.11. The van der Waals surface area contributed by atoms with Crippen molar-refractivity contribution < 1.29 is 0 Å². The van der Waals surface area contributed by atoms with Gasteiger partial charge in [-0.1, -0.05) is 62.3 Å². The minimum atomic E-state index is 0.760. The highest BCUT2D eigenvalue weighted by Gasteiger charge is 2.09. The molecule has 1 rings (SSSR count). The van der Waals surface area contributed by atoms with Gasteiger partial charge in [0.1, 0.15) is 0 Å². The van der Waals surface area contributed by atoms with Gasteiger partial charge in [0.15, 0.2) is 6.71 Å². The Morgan fingerprint density at radius 1 is 1.00 bits per heavy atom. The normalized spacial score (nSPS) is 9.64. The highest BCUT2D eigenvalue weighted by molar-refractivity contribution is 6.73. The van der Waals surface area contributed by atoms with Crippen LogP contribution in [0.2, 0.25) is 12.6 Å². The Morgan fingerprint density at radius 3 is 2.00 bits per heavy atom. The second-order valence-electron chi connectivity index (χ2n) is 2.92. The predicted octanol–water partition coefficient (Wildman–Crippen LogP) is 2.43. The first-order chi connectivity index (χ1) is 5.38. The van der Waals surface area contributed by atoms with Gasteiger partial charge in [-0.15, -0.1) is 0 Å². The van der Waals surface area contributed by atoms with Crippen molar-refractivity contribution in [2.75, 3.05) is 0 Å². The van der Waals surface area contributed by atoms with E-state index in [0.29, 0.717) is 0 Å². The standard InChI is InChI=1S/C10H15B/c1-3-11(4-2)10-8-6-5-7-9-10/h5-9H,3-4H2,1-2H3. The van der Waals surface area contributed by atoms with E-state index in [9.17, 15) is 0 Å². The first kappa shape index (κ1) is 8.38. The van der Waals surface area contributed by atoms with E-state index in [4.69, 9.17) is 0 Å². The van der Waals surface area contributed by atoms with Crippen molar-refractivity contribution >= 4 is 12.2 Å². The van der Waals surface area contributed by atoms with Crippen molar-refractivity contribution in [1.29, 1.82) is 0 Å². The maximum Gasteiger partial charge on any atom is 0.175 e. The number of rotatable bonds is 3. The molecule has 0 nitrogen and oxygen atoms in total. The van der Waals surface area contributed by atoms with Gasteiger partial charge >= 0.3 is 0 Å². The molecule has 58 valence electrons. The largest absolute Gasteiger partial charge is 0.175 e. The molecule has 0 aliphatic rings. The summed E-state index contributed by atoms with van der Waals surface area (Å²) in [7, 11) is 0. The molecular weight excluding hydrogens is 131 g/mol. The fourth-order valence-electron chi connectivity index (χ4n) is 1.49. The first-order valence-electron chi connectivity index (χ1n) is 4.43. The van der Waals surface area contributed by atoms with E-state index in [0.717, 1.165) is 6.71 Å². The van der Waals surface area contributed by atoms with E-state index in [1.807, 2.05) is 0 Å². The molecule has 0 aliphatic heterocycles. The zero-order valence-electron chi connectivity index (χ0n) is 7.38. The Hall–Kier alpha value is -0.715. The summed E-state index contributed by atoms with van der Waals surface area (Å²) in [5.74, 6) is 0. The van der Waals surface area contributed by atoms with Crippen LogP contribution in [0.25, 0.3) is 0 Å². The van der Waals surface area contributed by atoms with E-state index < -0.39 is 0 Å². The van der Waals surface area contributed by atoms with Crippen LogP contribution in [0.15, 0.2) is 30.3 Å². The third-order valence-electron chi connectivity index (χ3n) is 2.26. The smallest absolute Gasteiger partial charge is 0.0801 e. The molecule has 0 aliphatic carbocycles. The molecule has 0 bridgehead atoms. The lowest BCUT2D eigenvalue weighted by molar-refractivity contribution is 1.33. The van der Waals surface area contributed by atoms with Gasteiger partial charge in [0.05, 0.1) is 0 Å². The van der Waals surface area contributed by atoms with Crippen LogP contribution < -0.4 is 5.46 Å². The van der Waals surface area contributed by atoms with Gasteiger partial charge in [-0.25, -0.2) is 0 Å². The van der Waals surface area contributed by atoms with Crippen LogP contribution in [0.1, 0.15) is 13.8 Å². The van der Waals surface area contributed by atoms with E-state index in [1.165, 1.54) is 18.1 Å². The minimum Gasteiger partial charge on any atom is -0.0801 e. The number of benzene rings is 1. The molecule has 11 heavy (non-hydrogen) atoms. The van der Waals surface area contributed by atoms with Crippen LogP contribution in [0.5, 0.6) is 0 Å². The molecule has 0 saturated heterocycles. The van der Waals surface area contributed by atoms with Crippen LogP contribution in [0.4, 0.5) is 0 Å². The predicted molar refractivity (Wildman–Crippen MR) is 52.8 cm³/mol. The number of hydrogen-bond donors (Lipinski definition) is 0. The topological polar surface area (TPSA) is 0 Å². The van der Waals surface area contributed by atoms with Crippen molar-refractivity contribution in [3.63, 3.8) is 0 Å². The zero-order chi connectivity index (χ0) is 8.10. The molecule has 0 fully saturated rings. The first-order valence-corrected chi connectivity index (χ1v) is 4.43. The number of hydrogen-bond acceptors (Lipinski definition) is 0. The average Bonchev–Trinajstić information content (AvgIpc) is 2.09. The van der Waals surface area contributed by atoms with E-state index in [1.54, 1.807) is 0 Å². The molecule has 1 aromatic carbocycles. The Bertz CT molecular complexity index is 189. The molecule has 0 N–H and O–H groups in total. The summed E-state index contributed by atoms with van der Waals surface area (Å²) in [6, 6.07) is 10.8. The maximum atomic E-state index is 2.25. The van der Waals surface area contributed by atoms with Gasteiger partial charge in [0, 0.05) is 0 Å². The van der Waals surface area contributed by atoms with E-state index in [2.05, 4.69) is 44.2 Å². The van der Waals surface area contributed by atoms with Crippen LogP contribution >= 0.6 is 0 Å². The summed E-state index contributed by atoms with van der Waals surface area (Å²) >= 11 is 0. The van der Waals surface area contributed by atoms with Gasteiger partial charge in [-0.2, -0.15) is 0 Å². The average molecular weight is 146 g/mol. The summed E-state index contributed by atoms with van der Waals surface area (Å²) in [5.41, 5.74) is 1.48. The Labute approximate surface area is 69.7 Å². The highest BCUT2D eigenvalue weighted by Crippen LogP contribution is 1.98. The SMILES string of the molecule is CCB(CC)c1ccccc1. The zero-order valence-corrected chi connectivity index (χ0v) is 7.38. The second kappa shape index (κ2) is 4.22. The molecule has 0 atom stereocenters. The van der Waals surface area contributed by atoms with E-state index in [-0.39, 0.29) is 0 Å². The minimum absolute atomic E-state index is 0.760. The third-order valence-corrected chi connectivity index (χ3v) is 2.26. The fourth-order valence-corrected chi connectivity index (χ4v) is 1.49. The molecule has 1 aromatic rings. The maximum absolute atomic E-state index is 2.25. The molecule has 0 spiro atoms. The molecule has 0 amide bonds. The molecule has 0 saturated carbocycles. The lowest BCUT2D eigenvalue weighted by atomic mass is 9.41. The van der Waals surface area contributed by atoms with Crippen LogP contribution in [0, 0.1) is 0 Å². The lowest BCUT2D eigenvalue weighted by Gasteiger charge is -2.07. The molecule has 0 unspecified atom stereocenters. The molecule has 0 radical (unpaired) electrons. The Kier molecular flexibility index (Phi) is 3.22. The molecular formula is C10H15B. The van der Waals surface area contributed by atoms with Gasteiger partial charge in [0.25, 0.3) is 0 Å².